The van der Waals surface area contributed by atoms with E-state index in [1.165, 1.54) is 30.3 Å². The van der Waals surface area contributed by atoms with E-state index in [4.69, 9.17) is 9.79 Å². The van der Waals surface area contributed by atoms with E-state index >= 15 is 0 Å². The summed E-state index contributed by atoms with van der Waals surface area (Å²) in [5, 5.41) is 10.5. The average Bonchev–Trinajstić information content (AvgIpc) is 2.37. The molecule has 19 heavy (non-hydrogen) atoms. The summed E-state index contributed by atoms with van der Waals surface area (Å²) in [4.78, 5) is 28.2. The van der Waals surface area contributed by atoms with Crippen molar-refractivity contribution < 1.29 is 28.6 Å². The molecule has 3 N–H and O–H groups in total. The fourth-order valence-electron chi connectivity index (χ4n) is 1.79. The van der Waals surface area contributed by atoms with Gasteiger partial charge in [0.1, 0.15) is 5.75 Å². The Kier molecular flexibility index (Phi) is 3.41. The van der Waals surface area contributed by atoms with Crippen molar-refractivity contribution >= 4 is 24.7 Å². The molecular formula is C12H10FO5P. The normalized spacial score (nSPS) is 13.4. The fourth-order valence-corrected chi connectivity index (χ4v) is 2.34. The van der Waals surface area contributed by atoms with E-state index in [-0.39, 0.29) is 16.9 Å². The van der Waals surface area contributed by atoms with E-state index in [1.54, 1.807) is 0 Å². The summed E-state index contributed by atoms with van der Waals surface area (Å²) in [6, 6.07) is 6.52. The summed E-state index contributed by atoms with van der Waals surface area (Å²) in [5.41, 5.74) is -0.0916. The fraction of sp³-hybridized carbons (Fsp3) is 0.0833. The van der Waals surface area contributed by atoms with Gasteiger partial charge in [0.15, 0.2) is 6.29 Å². The molecule has 0 saturated carbocycles. The van der Waals surface area contributed by atoms with Gasteiger partial charge in [-0.2, -0.15) is 0 Å². The summed E-state index contributed by atoms with van der Waals surface area (Å²) >= 11 is 0. The number of aromatic hydroxyl groups is 1. The Hall–Kier alpha value is -1.75. The molecular weight excluding hydrogens is 274 g/mol. The first-order valence-electron chi connectivity index (χ1n) is 5.24. The van der Waals surface area contributed by atoms with Crippen LogP contribution >= 0.6 is 7.60 Å². The monoisotopic (exact) mass is 284 g/mol. The van der Waals surface area contributed by atoms with Crippen LogP contribution in [0.2, 0.25) is 0 Å². The van der Waals surface area contributed by atoms with Crippen LogP contribution in [0.3, 0.4) is 0 Å². The lowest BCUT2D eigenvalue weighted by molar-refractivity contribution is 0.112. The zero-order chi connectivity index (χ0) is 14.2. The number of fused-ring (bicyclic) bond motifs is 1. The molecule has 5 nitrogen and oxygen atoms in total. The highest BCUT2D eigenvalue weighted by Crippen LogP contribution is 2.53. The van der Waals surface area contributed by atoms with Crippen LogP contribution in [0.25, 0.3) is 10.8 Å². The van der Waals surface area contributed by atoms with Gasteiger partial charge in [0.05, 0.1) is 5.56 Å². The largest absolute Gasteiger partial charge is 0.507 e. The maximum Gasteiger partial charge on any atom is 0.363 e. The first-order valence-corrected chi connectivity index (χ1v) is 6.93. The third-order valence-electron chi connectivity index (χ3n) is 2.74. The van der Waals surface area contributed by atoms with Gasteiger partial charge in [-0.25, -0.2) is 4.39 Å². The van der Waals surface area contributed by atoms with Crippen LogP contribution in [0, 0.1) is 0 Å². The van der Waals surface area contributed by atoms with Crippen molar-refractivity contribution in [2.24, 2.45) is 0 Å². The number of rotatable bonds is 3. The second-order valence-corrected chi connectivity index (χ2v) is 5.66. The number of carbonyl (C=O) groups excluding carboxylic acids is 1. The molecule has 0 radical (unpaired) electrons. The van der Waals surface area contributed by atoms with E-state index in [0.717, 1.165) is 0 Å². The van der Waals surface area contributed by atoms with Crippen molar-refractivity contribution in [3.8, 4) is 5.75 Å². The van der Waals surface area contributed by atoms with Crippen LogP contribution in [-0.4, -0.2) is 21.2 Å². The molecule has 2 aromatic carbocycles. The number of halogens is 1. The third kappa shape index (κ3) is 2.51. The van der Waals surface area contributed by atoms with Crippen LogP contribution in [0.4, 0.5) is 4.39 Å². The highest BCUT2D eigenvalue weighted by atomic mass is 31.2. The molecule has 0 heterocycles. The van der Waals surface area contributed by atoms with Gasteiger partial charge in [0.25, 0.3) is 0 Å². The molecule has 0 bridgehead atoms. The molecule has 0 aromatic heterocycles. The van der Waals surface area contributed by atoms with Crippen molar-refractivity contribution in [2.75, 3.05) is 0 Å². The molecule has 0 aliphatic carbocycles. The molecule has 100 valence electrons. The minimum atomic E-state index is -4.87. The molecule has 0 spiro atoms. The van der Waals surface area contributed by atoms with Crippen molar-refractivity contribution in [1.82, 2.24) is 0 Å². The van der Waals surface area contributed by atoms with E-state index in [0.29, 0.717) is 17.1 Å². The van der Waals surface area contributed by atoms with Crippen LogP contribution in [0.1, 0.15) is 21.8 Å². The van der Waals surface area contributed by atoms with Gasteiger partial charge in [0.2, 0.25) is 5.91 Å². The number of aldehydes is 1. The topological polar surface area (TPSA) is 94.8 Å². The van der Waals surface area contributed by atoms with Crippen LogP contribution in [-0.2, 0) is 4.57 Å². The standard InChI is InChI=1S/C12H10FO5P/c13-12(19(16,17)18)8-3-4-10-7(5-8)1-2-9(6-14)11(10)15/h1-6,12,15H,(H2,16,17,18). The van der Waals surface area contributed by atoms with Gasteiger partial charge in [-0.1, -0.05) is 18.2 Å². The number of carbonyl (C=O) groups is 1. The molecule has 0 aliphatic rings. The Bertz CT molecular complexity index is 694. The molecule has 0 amide bonds. The lowest BCUT2D eigenvalue weighted by Crippen LogP contribution is -1.93. The maximum absolute atomic E-state index is 13.5. The van der Waals surface area contributed by atoms with Gasteiger partial charge in [-0.05, 0) is 23.1 Å². The lowest BCUT2D eigenvalue weighted by Gasteiger charge is -2.11. The second kappa shape index (κ2) is 4.74. The quantitative estimate of drug-likeness (QED) is 0.594. The number of phenols is 1. The SMILES string of the molecule is O=Cc1ccc2cc(C(F)P(=O)(O)O)ccc2c1O. The molecule has 1 atom stereocenters. The van der Waals surface area contributed by atoms with Crippen molar-refractivity contribution in [2.45, 2.75) is 5.91 Å². The Morgan fingerprint density at radius 2 is 1.89 bits per heavy atom. The molecule has 1 unspecified atom stereocenters. The van der Waals surface area contributed by atoms with Crippen molar-refractivity contribution in [3.63, 3.8) is 0 Å². The predicted octanol–water partition coefficient (Wildman–Crippen LogP) is 2.50. The summed E-state index contributed by atoms with van der Waals surface area (Å²) in [7, 11) is -4.87. The van der Waals surface area contributed by atoms with Gasteiger partial charge in [0, 0.05) is 5.39 Å². The third-order valence-corrected chi connectivity index (χ3v) is 3.63. The first-order chi connectivity index (χ1) is 8.84. The summed E-state index contributed by atoms with van der Waals surface area (Å²) < 4.78 is 24.4. The Balaban J connectivity index is 2.60. The molecule has 0 fully saturated rings. The minimum Gasteiger partial charge on any atom is -0.507 e. The van der Waals surface area contributed by atoms with Gasteiger partial charge < -0.3 is 14.9 Å². The highest BCUT2D eigenvalue weighted by Gasteiger charge is 2.30. The lowest BCUT2D eigenvalue weighted by atomic mass is 10.0. The average molecular weight is 284 g/mol. The number of benzene rings is 2. The number of phenolic OH excluding ortho intramolecular Hbond substituents is 1. The molecule has 0 saturated heterocycles. The van der Waals surface area contributed by atoms with Crippen molar-refractivity contribution in [1.29, 1.82) is 0 Å². The molecule has 7 heteroatoms. The Labute approximate surface area is 107 Å². The number of hydrogen-bond donors (Lipinski definition) is 3. The van der Waals surface area contributed by atoms with Crippen LogP contribution in [0.5, 0.6) is 5.75 Å². The number of alkyl halides is 1. The summed E-state index contributed by atoms with van der Waals surface area (Å²) in [5.74, 6) is -2.66. The zero-order valence-electron chi connectivity index (χ0n) is 9.52. The smallest absolute Gasteiger partial charge is 0.363 e. The van der Waals surface area contributed by atoms with E-state index in [9.17, 15) is 18.9 Å². The molecule has 2 aromatic rings. The molecule has 2 rings (SSSR count). The second-order valence-electron chi connectivity index (χ2n) is 4.03. The van der Waals surface area contributed by atoms with Crippen molar-refractivity contribution in [3.05, 3.63) is 41.5 Å². The van der Waals surface area contributed by atoms with E-state index in [2.05, 4.69) is 0 Å². The van der Waals surface area contributed by atoms with E-state index < -0.39 is 13.5 Å². The Morgan fingerprint density at radius 3 is 2.47 bits per heavy atom. The summed E-state index contributed by atoms with van der Waals surface area (Å²) in [6.45, 7) is 0. The van der Waals surface area contributed by atoms with Gasteiger partial charge >= 0.3 is 7.60 Å². The van der Waals surface area contributed by atoms with Gasteiger partial charge in [-0.3, -0.25) is 9.36 Å². The minimum absolute atomic E-state index is 0.0898. The zero-order valence-corrected chi connectivity index (χ0v) is 10.4. The predicted molar refractivity (Wildman–Crippen MR) is 66.9 cm³/mol. The highest BCUT2D eigenvalue weighted by molar-refractivity contribution is 7.51. The van der Waals surface area contributed by atoms with Crippen LogP contribution in [0.15, 0.2) is 30.3 Å². The number of hydrogen-bond acceptors (Lipinski definition) is 3. The Morgan fingerprint density at radius 1 is 1.21 bits per heavy atom. The van der Waals surface area contributed by atoms with Crippen LogP contribution < -0.4 is 0 Å². The summed E-state index contributed by atoms with van der Waals surface area (Å²) in [6.07, 6.45) is 0.482. The van der Waals surface area contributed by atoms with E-state index in [1.807, 2.05) is 0 Å². The molecule has 0 aliphatic heterocycles. The maximum atomic E-state index is 13.5. The van der Waals surface area contributed by atoms with Gasteiger partial charge in [-0.15, -0.1) is 0 Å². The first kappa shape index (κ1) is 13.7.